The number of hydrogen-bond donors (Lipinski definition) is 0. The zero-order valence-corrected chi connectivity index (χ0v) is 16.4. The van der Waals surface area contributed by atoms with Crippen molar-refractivity contribution >= 4 is 65.4 Å². The van der Waals surface area contributed by atoms with E-state index in [-0.39, 0.29) is 21.3 Å². The second kappa shape index (κ2) is 5.49. The zero-order valence-electron chi connectivity index (χ0n) is 10.5. The third-order valence-electron chi connectivity index (χ3n) is 2.79. The summed E-state index contributed by atoms with van der Waals surface area (Å²) >= 11 is 3.79. The summed E-state index contributed by atoms with van der Waals surface area (Å²) in [5.41, 5.74) is 0. The standard InChI is InChI=1S/C12H6I2O6S2/c13-7-5-6-10-12(11(7)14)20-21(15,16)9-4-2-1-3-8(9)19-22(10,17)18/h1-6H. The lowest BCUT2D eigenvalue weighted by Crippen LogP contribution is -2.21. The van der Waals surface area contributed by atoms with Gasteiger partial charge in [-0.05, 0) is 69.4 Å². The predicted molar refractivity (Wildman–Crippen MR) is 93.9 cm³/mol. The molecule has 0 saturated carbocycles. The average molecular weight is 564 g/mol. The fourth-order valence-electron chi connectivity index (χ4n) is 1.83. The van der Waals surface area contributed by atoms with E-state index in [1.54, 1.807) is 6.07 Å². The van der Waals surface area contributed by atoms with Gasteiger partial charge in [0, 0.05) is 3.57 Å². The normalized spacial score (nSPS) is 17.9. The summed E-state index contributed by atoms with van der Waals surface area (Å²) in [5, 5.41) is 0. The number of halogens is 2. The lowest BCUT2D eigenvalue weighted by Gasteiger charge is -2.19. The van der Waals surface area contributed by atoms with E-state index >= 15 is 0 Å². The summed E-state index contributed by atoms with van der Waals surface area (Å²) in [6, 6.07) is 8.23. The number of benzene rings is 2. The van der Waals surface area contributed by atoms with Crippen molar-refractivity contribution in [2.45, 2.75) is 9.79 Å². The Morgan fingerprint density at radius 2 is 1.41 bits per heavy atom. The van der Waals surface area contributed by atoms with Crippen LogP contribution in [0.5, 0.6) is 11.5 Å². The molecule has 0 N–H and O–H groups in total. The van der Waals surface area contributed by atoms with Crippen molar-refractivity contribution in [1.82, 2.24) is 0 Å². The van der Waals surface area contributed by atoms with Gasteiger partial charge in [0.1, 0.15) is 4.90 Å². The smallest absolute Gasteiger partial charge is 0.343 e. The largest absolute Gasteiger partial charge is 0.377 e. The molecule has 3 rings (SSSR count). The van der Waals surface area contributed by atoms with Crippen LogP contribution in [0.4, 0.5) is 0 Å². The van der Waals surface area contributed by atoms with Crippen LogP contribution in [0.15, 0.2) is 46.2 Å². The molecule has 0 aromatic heterocycles. The van der Waals surface area contributed by atoms with Gasteiger partial charge in [-0.2, -0.15) is 16.8 Å². The molecule has 2 aromatic carbocycles. The molecule has 6 nitrogen and oxygen atoms in total. The maximum atomic E-state index is 12.4. The highest BCUT2D eigenvalue weighted by Crippen LogP contribution is 2.39. The fraction of sp³-hybridized carbons (Fsp3) is 0. The molecule has 1 heterocycles. The molecule has 0 radical (unpaired) electrons. The van der Waals surface area contributed by atoms with Crippen LogP contribution in [0.1, 0.15) is 0 Å². The number of rotatable bonds is 0. The van der Waals surface area contributed by atoms with E-state index in [1.807, 2.05) is 45.2 Å². The topological polar surface area (TPSA) is 86.7 Å². The summed E-state index contributed by atoms with van der Waals surface area (Å²) in [6.45, 7) is 0. The number of fused-ring (bicyclic) bond motifs is 2. The molecule has 2 aromatic rings. The molecule has 0 bridgehead atoms. The minimum atomic E-state index is -4.20. The van der Waals surface area contributed by atoms with Crippen molar-refractivity contribution in [2.24, 2.45) is 0 Å². The van der Waals surface area contributed by atoms with E-state index in [0.29, 0.717) is 7.14 Å². The first-order valence-electron chi connectivity index (χ1n) is 5.68. The summed E-state index contributed by atoms with van der Waals surface area (Å²) in [7, 11) is -8.40. The Labute approximate surface area is 154 Å². The highest BCUT2D eigenvalue weighted by molar-refractivity contribution is 14.1. The molecule has 0 amide bonds. The second-order valence-electron chi connectivity index (χ2n) is 4.21. The Morgan fingerprint density at radius 3 is 2.14 bits per heavy atom. The lowest BCUT2D eigenvalue weighted by molar-refractivity contribution is 0.442. The van der Waals surface area contributed by atoms with Crippen LogP contribution in [0.2, 0.25) is 0 Å². The van der Waals surface area contributed by atoms with E-state index in [1.165, 1.54) is 30.3 Å². The monoisotopic (exact) mass is 564 g/mol. The Hall–Kier alpha value is -0.600. The van der Waals surface area contributed by atoms with Gasteiger partial charge in [0.2, 0.25) is 0 Å². The minimum absolute atomic E-state index is 0.248. The van der Waals surface area contributed by atoms with E-state index in [0.717, 1.165) is 0 Å². The first-order chi connectivity index (χ1) is 10.2. The maximum absolute atomic E-state index is 12.4. The van der Waals surface area contributed by atoms with Gasteiger partial charge in [-0.15, -0.1) is 0 Å². The number of para-hydroxylation sites is 1. The van der Waals surface area contributed by atoms with E-state index < -0.39 is 20.2 Å². The molecule has 116 valence electrons. The molecule has 10 heteroatoms. The molecule has 0 atom stereocenters. The lowest BCUT2D eigenvalue weighted by atomic mass is 10.3. The first kappa shape index (κ1) is 16.3. The van der Waals surface area contributed by atoms with Crippen LogP contribution in [-0.4, -0.2) is 16.8 Å². The van der Waals surface area contributed by atoms with Gasteiger partial charge >= 0.3 is 20.2 Å². The van der Waals surface area contributed by atoms with Crippen LogP contribution >= 0.6 is 45.2 Å². The third kappa shape index (κ3) is 2.69. The molecular formula is C12H6I2O6S2. The second-order valence-corrected chi connectivity index (χ2v) is 9.48. The first-order valence-corrected chi connectivity index (χ1v) is 10.7. The van der Waals surface area contributed by atoms with E-state index in [2.05, 4.69) is 0 Å². The Balaban J connectivity index is 2.38. The van der Waals surface area contributed by atoms with Gasteiger partial charge < -0.3 is 8.37 Å². The third-order valence-corrected chi connectivity index (χ3v) is 8.32. The zero-order chi connectivity index (χ0) is 16.1. The molecule has 1 aliphatic rings. The van der Waals surface area contributed by atoms with Crippen LogP contribution in [-0.2, 0) is 20.2 Å². The molecule has 0 fully saturated rings. The van der Waals surface area contributed by atoms with Crippen LogP contribution in [0, 0.1) is 7.14 Å². The van der Waals surface area contributed by atoms with E-state index in [9.17, 15) is 16.8 Å². The maximum Gasteiger partial charge on any atom is 0.343 e. The highest BCUT2D eigenvalue weighted by atomic mass is 127. The van der Waals surface area contributed by atoms with Gasteiger partial charge in [-0.3, -0.25) is 0 Å². The quantitative estimate of drug-likeness (QED) is 0.362. The summed E-state index contributed by atoms with van der Waals surface area (Å²) in [4.78, 5) is -0.658. The van der Waals surface area contributed by atoms with Crippen molar-refractivity contribution in [1.29, 1.82) is 0 Å². The van der Waals surface area contributed by atoms with Gasteiger partial charge in [-0.25, -0.2) is 0 Å². The molecular weight excluding hydrogens is 558 g/mol. The Morgan fingerprint density at radius 1 is 0.773 bits per heavy atom. The fourth-order valence-corrected chi connectivity index (χ4v) is 5.44. The minimum Gasteiger partial charge on any atom is -0.377 e. The highest BCUT2D eigenvalue weighted by Gasteiger charge is 2.34. The summed E-state index contributed by atoms with van der Waals surface area (Å²) in [5.74, 6) is -0.538. The van der Waals surface area contributed by atoms with Crippen molar-refractivity contribution in [3.05, 3.63) is 43.5 Å². The summed E-state index contributed by atoms with van der Waals surface area (Å²) in [6.07, 6.45) is 0. The van der Waals surface area contributed by atoms with Gasteiger partial charge in [0.05, 0.1) is 3.57 Å². The molecule has 0 spiro atoms. The van der Waals surface area contributed by atoms with Gasteiger partial charge in [0.25, 0.3) is 0 Å². The van der Waals surface area contributed by atoms with Crippen LogP contribution < -0.4 is 8.37 Å². The molecule has 0 aliphatic carbocycles. The Kier molecular flexibility index (Phi) is 4.06. The van der Waals surface area contributed by atoms with Crippen molar-refractivity contribution in [3.63, 3.8) is 0 Å². The van der Waals surface area contributed by atoms with Gasteiger partial charge in [0.15, 0.2) is 16.4 Å². The van der Waals surface area contributed by atoms with Crippen molar-refractivity contribution in [2.75, 3.05) is 0 Å². The van der Waals surface area contributed by atoms with Crippen LogP contribution in [0.25, 0.3) is 0 Å². The molecule has 1 aliphatic heterocycles. The van der Waals surface area contributed by atoms with Crippen LogP contribution in [0.3, 0.4) is 0 Å². The SMILES string of the molecule is O=S1(=O)Oc2c(ccc(I)c2I)S(=O)(=O)Oc2ccccc21. The Bertz CT molecular complexity index is 983. The van der Waals surface area contributed by atoms with Gasteiger partial charge in [-0.1, -0.05) is 12.1 Å². The average Bonchev–Trinajstić information content (AvgIpc) is 2.42. The van der Waals surface area contributed by atoms with Crippen molar-refractivity contribution < 1.29 is 25.2 Å². The summed E-state index contributed by atoms with van der Waals surface area (Å²) < 4.78 is 60.7. The predicted octanol–water partition coefficient (Wildman–Crippen LogP) is 2.74. The van der Waals surface area contributed by atoms with Crippen molar-refractivity contribution in [3.8, 4) is 11.5 Å². The molecule has 22 heavy (non-hydrogen) atoms. The number of hydrogen-bond acceptors (Lipinski definition) is 6. The molecule has 0 unspecified atom stereocenters. The van der Waals surface area contributed by atoms with E-state index in [4.69, 9.17) is 8.37 Å². The molecule has 0 saturated heterocycles.